The van der Waals surface area contributed by atoms with Crippen LogP contribution in [0.2, 0.25) is 0 Å². The summed E-state index contributed by atoms with van der Waals surface area (Å²) in [6.07, 6.45) is 1.16. The highest BCUT2D eigenvalue weighted by Gasteiger charge is 2.16. The van der Waals surface area contributed by atoms with E-state index in [1.54, 1.807) is 12.1 Å². The molecule has 0 aliphatic heterocycles. The van der Waals surface area contributed by atoms with Gasteiger partial charge in [0.2, 0.25) is 0 Å². The third kappa shape index (κ3) is 4.82. The molecule has 160 valence electrons. The van der Waals surface area contributed by atoms with Gasteiger partial charge in [0.15, 0.2) is 9.84 Å². The molecule has 0 bridgehead atoms. The third-order valence-electron chi connectivity index (χ3n) is 5.08. The van der Waals surface area contributed by atoms with E-state index in [2.05, 4.69) is 38.4 Å². The average Bonchev–Trinajstić information content (AvgIpc) is 3.10. The second kappa shape index (κ2) is 8.74. The van der Waals surface area contributed by atoms with Crippen molar-refractivity contribution in [3.05, 3.63) is 59.8 Å². The molecule has 0 atom stereocenters. The van der Waals surface area contributed by atoms with Gasteiger partial charge in [0.1, 0.15) is 0 Å². The molecule has 0 radical (unpaired) electrons. The quantitative estimate of drug-likeness (QED) is 0.584. The van der Waals surface area contributed by atoms with Crippen molar-refractivity contribution in [1.29, 1.82) is 0 Å². The van der Waals surface area contributed by atoms with Gasteiger partial charge in [-0.1, -0.05) is 64.1 Å². The summed E-state index contributed by atoms with van der Waals surface area (Å²) in [6.45, 7) is 9.19. The molecule has 0 saturated carbocycles. The van der Waals surface area contributed by atoms with Crippen LogP contribution in [0, 0.1) is 5.92 Å². The molecular weight excluding hydrogens is 396 g/mol. The van der Waals surface area contributed by atoms with E-state index >= 15 is 0 Å². The predicted octanol–water partition coefficient (Wildman–Crippen LogP) is 4.89. The van der Waals surface area contributed by atoms with Gasteiger partial charge in [-0.25, -0.2) is 8.42 Å². The highest BCUT2D eigenvalue weighted by molar-refractivity contribution is 7.90. The van der Waals surface area contributed by atoms with Gasteiger partial charge in [0, 0.05) is 12.8 Å². The largest absolute Gasteiger partial charge is 0.392 e. The van der Waals surface area contributed by atoms with Crippen molar-refractivity contribution < 1.29 is 13.5 Å². The van der Waals surface area contributed by atoms with Crippen molar-refractivity contribution in [3.63, 3.8) is 0 Å². The molecule has 5 nitrogen and oxygen atoms in total. The topological polar surface area (TPSA) is 72.2 Å². The fourth-order valence-corrected chi connectivity index (χ4v) is 4.43. The van der Waals surface area contributed by atoms with Gasteiger partial charge in [0.05, 0.1) is 22.9 Å². The van der Waals surface area contributed by atoms with Crippen molar-refractivity contribution >= 4 is 9.84 Å². The van der Waals surface area contributed by atoms with Crippen LogP contribution in [0.25, 0.3) is 22.4 Å². The molecule has 0 spiro atoms. The van der Waals surface area contributed by atoms with E-state index in [-0.39, 0.29) is 11.5 Å². The number of hydrogen-bond acceptors (Lipinski definition) is 4. The van der Waals surface area contributed by atoms with E-state index in [0.29, 0.717) is 17.4 Å². The summed E-state index contributed by atoms with van der Waals surface area (Å²) < 4.78 is 26.3. The number of hydrogen-bond donors (Lipinski definition) is 1. The van der Waals surface area contributed by atoms with Crippen LogP contribution in [-0.2, 0) is 23.0 Å². The zero-order valence-corrected chi connectivity index (χ0v) is 19.1. The minimum absolute atomic E-state index is 0.170. The Hall–Kier alpha value is -2.44. The van der Waals surface area contributed by atoms with E-state index in [1.807, 2.05) is 30.3 Å². The lowest BCUT2D eigenvalue weighted by Crippen LogP contribution is -2.08. The Morgan fingerprint density at radius 2 is 1.53 bits per heavy atom. The number of rotatable bonds is 7. The van der Waals surface area contributed by atoms with Crippen LogP contribution in [0.4, 0.5) is 0 Å². The maximum absolute atomic E-state index is 12.1. The Morgan fingerprint density at radius 1 is 0.933 bits per heavy atom. The Labute approximate surface area is 179 Å². The van der Waals surface area contributed by atoms with Gasteiger partial charge >= 0.3 is 0 Å². The molecule has 1 aromatic heterocycles. The summed E-state index contributed by atoms with van der Waals surface area (Å²) in [7, 11) is -3.42. The van der Waals surface area contributed by atoms with Gasteiger partial charge in [0.25, 0.3) is 0 Å². The molecule has 3 aromatic rings. The van der Waals surface area contributed by atoms with Crippen molar-refractivity contribution in [1.82, 2.24) is 9.78 Å². The maximum atomic E-state index is 12.1. The van der Waals surface area contributed by atoms with Crippen molar-refractivity contribution in [2.45, 2.75) is 51.7 Å². The number of aromatic nitrogens is 2. The molecule has 3 rings (SSSR count). The number of benzene rings is 2. The third-order valence-corrected chi connectivity index (χ3v) is 6.26. The minimum atomic E-state index is -3.42. The van der Waals surface area contributed by atoms with Crippen molar-refractivity contribution in [2.75, 3.05) is 6.26 Å². The average molecular weight is 427 g/mol. The fraction of sp³-hybridized carbons (Fsp3) is 0.375. The first-order valence-corrected chi connectivity index (χ1v) is 12.1. The van der Waals surface area contributed by atoms with Crippen LogP contribution in [0.5, 0.6) is 0 Å². The summed E-state index contributed by atoms with van der Waals surface area (Å²) in [5.74, 6) is 0.846. The second-order valence-corrected chi connectivity index (χ2v) is 10.5. The summed E-state index contributed by atoms with van der Waals surface area (Å²) >= 11 is 0. The molecule has 0 aliphatic carbocycles. The van der Waals surface area contributed by atoms with Crippen molar-refractivity contribution in [2.24, 2.45) is 5.92 Å². The highest BCUT2D eigenvalue weighted by Crippen LogP contribution is 2.30. The lowest BCUT2D eigenvalue weighted by atomic mass is 10.0. The molecule has 1 N–H and O–H groups in total. The van der Waals surface area contributed by atoms with Gasteiger partial charge in [-0.15, -0.1) is 0 Å². The molecule has 0 amide bonds. The molecular formula is C24H30N2O3S. The molecule has 0 saturated heterocycles. The lowest BCUT2D eigenvalue weighted by Gasteiger charge is -2.12. The predicted molar refractivity (Wildman–Crippen MR) is 121 cm³/mol. The minimum Gasteiger partial charge on any atom is -0.392 e. The summed E-state index contributed by atoms with van der Waals surface area (Å²) in [5.41, 5.74) is 5.38. The summed E-state index contributed by atoms with van der Waals surface area (Å²) in [6, 6.07) is 15.4. The summed E-state index contributed by atoms with van der Waals surface area (Å²) in [4.78, 5) is 0.170. The highest BCUT2D eigenvalue weighted by atomic mass is 32.2. The Kier molecular flexibility index (Phi) is 6.48. The SMILES string of the molecule is CC(C)Cn1nc(C(C)C)cc1-c1ccc(-c2ccc(CO)c(S(C)(=O)=O)c2)cc1. The van der Waals surface area contributed by atoms with Crippen LogP contribution >= 0.6 is 0 Å². The molecule has 30 heavy (non-hydrogen) atoms. The number of sulfone groups is 1. The fourth-order valence-electron chi connectivity index (χ4n) is 3.48. The lowest BCUT2D eigenvalue weighted by molar-refractivity contribution is 0.278. The zero-order valence-electron chi connectivity index (χ0n) is 18.3. The Bertz CT molecular complexity index is 1130. The van der Waals surface area contributed by atoms with Crippen molar-refractivity contribution in [3.8, 4) is 22.4 Å². The van der Waals surface area contributed by atoms with Crippen LogP contribution in [0.1, 0.15) is 44.9 Å². The Balaban J connectivity index is 2.00. The number of nitrogens with zero attached hydrogens (tertiary/aromatic N) is 2. The van der Waals surface area contributed by atoms with E-state index in [9.17, 15) is 13.5 Å². The molecule has 0 aliphatic rings. The van der Waals surface area contributed by atoms with E-state index in [1.165, 1.54) is 0 Å². The van der Waals surface area contributed by atoms with Gasteiger partial charge in [-0.2, -0.15) is 5.10 Å². The van der Waals surface area contributed by atoms with Crippen LogP contribution < -0.4 is 0 Å². The normalized spacial score (nSPS) is 12.1. The maximum Gasteiger partial charge on any atom is 0.175 e. The first kappa shape index (κ1) is 22.2. The van der Waals surface area contributed by atoms with Crippen LogP contribution in [0.3, 0.4) is 0 Å². The van der Waals surface area contributed by atoms with Crippen LogP contribution in [0.15, 0.2) is 53.4 Å². The smallest absolute Gasteiger partial charge is 0.175 e. The molecule has 6 heteroatoms. The first-order chi connectivity index (χ1) is 14.1. The number of aliphatic hydroxyl groups excluding tert-OH is 1. The molecule has 2 aromatic carbocycles. The molecule has 0 unspecified atom stereocenters. The standard InChI is InChI=1S/C24H30N2O3S/c1-16(2)14-26-23(13-22(25-26)17(3)4)19-8-6-18(7-9-19)20-10-11-21(15-27)24(12-20)30(5,28)29/h6-13,16-17,27H,14-15H2,1-5H3. The second-order valence-electron chi connectivity index (χ2n) is 8.52. The zero-order chi connectivity index (χ0) is 22.1. The monoisotopic (exact) mass is 426 g/mol. The van der Waals surface area contributed by atoms with Gasteiger partial charge in [-0.05, 0) is 46.2 Å². The van der Waals surface area contributed by atoms with E-state index in [0.717, 1.165) is 40.9 Å². The molecule has 1 heterocycles. The Morgan fingerprint density at radius 3 is 2.07 bits per heavy atom. The van der Waals surface area contributed by atoms with E-state index in [4.69, 9.17) is 5.10 Å². The van der Waals surface area contributed by atoms with Gasteiger partial charge < -0.3 is 5.11 Å². The van der Waals surface area contributed by atoms with Gasteiger partial charge in [-0.3, -0.25) is 4.68 Å². The first-order valence-electron chi connectivity index (χ1n) is 10.2. The summed E-state index contributed by atoms with van der Waals surface area (Å²) in [5, 5.41) is 14.3. The number of aliphatic hydroxyl groups is 1. The van der Waals surface area contributed by atoms with E-state index < -0.39 is 9.84 Å². The van der Waals surface area contributed by atoms with Crippen LogP contribution in [-0.4, -0.2) is 29.6 Å². The molecule has 0 fully saturated rings.